The molecule has 4 heteroatoms. The summed E-state index contributed by atoms with van der Waals surface area (Å²) in [7, 11) is 4.03. The second kappa shape index (κ2) is 6.60. The standard InChI is InChI=1S/C15H23ClN2O/c1-11(17-2)12-6-7-15(14(16)9-12)18(3)10-13-5-4-8-19-13/h6-7,9,11,13,17H,4-5,8,10H2,1-3H3. The van der Waals surface area contributed by atoms with Gasteiger partial charge in [-0.15, -0.1) is 0 Å². The molecule has 2 unspecified atom stereocenters. The summed E-state index contributed by atoms with van der Waals surface area (Å²) in [6, 6.07) is 6.59. The first-order chi connectivity index (χ1) is 9.11. The number of benzene rings is 1. The molecule has 0 aromatic heterocycles. The van der Waals surface area contributed by atoms with Gasteiger partial charge < -0.3 is 15.0 Å². The summed E-state index contributed by atoms with van der Waals surface area (Å²) in [5, 5.41) is 4.03. The molecule has 106 valence electrons. The summed E-state index contributed by atoms with van der Waals surface area (Å²) in [4.78, 5) is 2.19. The molecule has 0 amide bonds. The van der Waals surface area contributed by atoms with Crippen molar-refractivity contribution in [2.24, 2.45) is 0 Å². The molecular weight excluding hydrogens is 260 g/mol. The second-order valence-electron chi connectivity index (χ2n) is 5.24. The lowest BCUT2D eigenvalue weighted by atomic mass is 10.1. The highest BCUT2D eigenvalue weighted by molar-refractivity contribution is 6.33. The summed E-state index contributed by atoms with van der Waals surface area (Å²) >= 11 is 6.40. The minimum absolute atomic E-state index is 0.315. The van der Waals surface area contributed by atoms with Crippen LogP contribution in [0.2, 0.25) is 5.02 Å². The number of hydrogen-bond donors (Lipinski definition) is 1. The summed E-state index contributed by atoms with van der Waals surface area (Å²) in [6.45, 7) is 3.92. The van der Waals surface area contributed by atoms with E-state index < -0.39 is 0 Å². The SMILES string of the molecule is CNC(C)c1ccc(N(C)CC2CCCO2)c(Cl)c1. The highest BCUT2D eigenvalue weighted by atomic mass is 35.5. The summed E-state index contributed by atoms with van der Waals surface area (Å²) in [5.74, 6) is 0. The Hall–Kier alpha value is -0.770. The van der Waals surface area contributed by atoms with Crippen molar-refractivity contribution in [1.29, 1.82) is 0 Å². The molecule has 19 heavy (non-hydrogen) atoms. The second-order valence-corrected chi connectivity index (χ2v) is 5.64. The van der Waals surface area contributed by atoms with Gasteiger partial charge in [-0.1, -0.05) is 17.7 Å². The van der Waals surface area contributed by atoms with Crippen molar-refractivity contribution in [3.63, 3.8) is 0 Å². The van der Waals surface area contributed by atoms with Crippen LogP contribution in [0, 0.1) is 0 Å². The van der Waals surface area contributed by atoms with Gasteiger partial charge in [0.15, 0.2) is 0 Å². The van der Waals surface area contributed by atoms with E-state index in [1.54, 1.807) is 0 Å². The first-order valence-electron chi connectivity index (χ1n) is 6.91. The smallest absolute Gasteiger partial charge is 0.0750 e. The van der Waals surface area contributed by atoms with Crippen molar-refractivity contribution >= 4 is 17.3 Å². The van der Waals surface area contributed by atoms with Crippen LogP contribution in [0.1, 0.15) is 31.4 Å². The van der Waals surface area contributed by atoms with Gasteiger partial charge in [0.1, 0.15) is 0 Å². The molecule has 0 radical (unpaired) electrons. The molecule has 2 atom stereocenters. The fourth-order valence-corrected chi connectivity index (χ4v) is 2.79. The third-order valence-corrected chi connectivity index (χ3v) is 4.12. The Morgan fingerprint density at radius 1 is 1.53 bits per heavy atom. The molecule has 3 nitrogen and oxygen atoms in total. The van der Waals surface area contributed by atoms with E-state index in [4.69, 9.17) is 16.3 Å². The average Bonchev–Trinajstić information content (AvgIpc) is 2.90. The Balaban J connectivity index is 2.06. The van der Waals surface area contributed by atoms with Gasteiger partial charge in [0, 0.05) is 26.2 Å². The Bertz CT molecular complexity index is 419. The number of hydrogen-bond acceptors (Lipinski definition) is 3. The lowest BCUT2D eigenvalue weighted by Gasteiger charge is -2.24. The zero-order chi connectivity index (χ0) is 13.8. The minimum atomic E-state index is 0.315. The van der Waals surface area contributed by atoms with E-state index in [2.05, 4.69) is 36.3 Å². The normalized spacial score (nSPS) is 20.5. The molecule has 1 fully saturated rings. The van der Waals surface area contributed by atoms with E-state index >= 15 is 0 Å². The number of nitrogens with zero attached hydrogens (tertiary/aromatic N) is 1. The van der Waals surface area contributed by atoms with E-state index in [9.17, 15) is 0 Å². The predicted octanol–water partition coefficient (Wildman–Crippen LogP) is 3.24. The minimum Gasteiger partial charge on any atom is -0.376 e. The average molecular weight is 283 g/mol. The summed E-state index contributed by atoms with van der Waals surface area (Å²) < 4.78 is 5.67. The van der Waals surface area contributed by atoms with Gasteiger partial charge in [-0.3, -0.25) is 0 Å². The molecule has 2 rings (SSSR count). The number of halogens is 1. The molecule has 1 aromatic rings. The maximum Gasteiger partial charge on any atom is 0.0750 e. The molecule has 1 aliphatic heterocycles. The zero-order valence-electron chi connectivity index (χ0n) is 11.9. The van der Waals surface area contributed by atoms with Crippen LogP contribution in [0.3, 0.4) is 0 Å². The quantitative estimate of drug-likeness (QED) is 0.897. The van der Waals surface area contributed by atoms with E-state index in [0.717, 1.165) is 30.3 Å². The van der Waals surface area contributed by atoms with Crippen LogP contribution in [0.15, 0.2) is 18.2 Å². The molecule has 1 heterocycles. The van der Waals surface area contributed by atoms with Gasteiger partial charge in [-0.25, -0.2) is 0 Å². The fraction of sp³-hybridized carbons (Fsp3) is 0.600. The van der Waals surface area contributed by atoms with E-state index in [-0.39, 0.29) is 0 Å². The van der Waals surface area contributed by atoms with Gasteiger partial charge >= 0.3 is 0 Å². The summed E-state index contributed by atoms with van der Waals surface area (Å²) in [5.41, 5.74) is 2.28. The van der Waals surface area contributed by atoms with E-state index in [1.165, 1.54) is 12.0 Å². The highest BCUT2D eigenvalue weighted by Crippen LogP contribution is 2.29. The third-order valence-electron chi connectivity index (χ3n) is 3.82. The highest BCUT2D eigenvalue weighted by Gasteiger charge is 2.19. The van der Waals surface area contributed by atoms with Crippen molar-refractivity contribution in [2.45, 2.75) is 31.9 Å². The number of anilines is 1. The number of nitrogens with one attached hydrogen (secondary N) is 1. The predicted molar refractivity (Wildman–Crippen MR) is 81.2 cm³/mol. The van der Waals surface area contributed by atoms with Crippen molar-refractivity contribution < 1.29 is 4.74 Å². The van der Waals surface area contributed by atoms with Crippen LogP contribution in [-0.4, -0.2) is 33.4 Å². The van der Waals surface area contributed by atoms with Crippen molar-refractivity contribution in [2.75, 3.05) is 32.1 Å². The van der Waals surface area contributed by atoms with Crippen molar-refractivity contribution in [3.8, 4) is 0 Å². The van der Waals surface area contributed by atoms with E-state index in [0.29, 0.717) is 12.1 Å². The first kappa shape index (κ1) is 14.6. The van der Waals surface area contributed by atoms with Crippen LogP contribution in [0.25, 0.3) is 0 Å². The molecule has 0 spiro atoms. The largest absolute Gasteiger partial charge is 0.376 e. The Morgan fingerprint density at radius 3 is 2.89 bits per heavy atom. The molecule has 0 saturated carbocycles. The van der Waals surface area contributed by atoms with E-state index in [1.807, 2.05) is 13.1 Å². The molecule has 1 aromatic carbocycles. The Morgan fingerprint density at radius 2 is 2.32 bits per heavy atom. The molecule has 0 aliphatic carbocycles. The third kappa shape index (κ3) is 3.62. The van der Waals surface area contributed by atoms with Gasteiger partial charge in [0.05, 0.1) is 16.8 Å². The van der Waals surface area contributed by atoms with Crippen LogP contribution < -0.4 is 10.2 Å². The van der Waals surface area contributed by atoms with Gasteiger partial charge in [0.25, 0.3) is 0 Å². The van der Waals surface area contributed by atoms with Gasteiger partial charge in [0.2, 0.25) is 0 Å². The number of likely N-dealkylation sites (N-methyl/N-ethyl adjacent to an activating group) is 1. The van der Waals surface area contributed by atoms with Crippen LogP contribution in [0.4, 0.5) is 5.69 Å². The zero-order valence-corrected chi connectivity index (χ0v) is 12.7. The van der Waals surface area contributed by atoms with Crippen molar-refractivity contribution in [1.82, 2.24) is 5.32 Å². The van der Waals surface area contributed by atoms with Crippen LogP contribution >= 0.6 is 11.6 Å². The topological polar surface area (TPSA) is 24.5 Å². The fourth-order valence-electron chi connectivity index (χ4n) is 2.46. The molecule has 1 N–H and O–H groups in total. The molecular formula is C15H23ClN2O. The molecule has 1 aliphatic rings. The molecule has 1 saturated heterocycles. The lowest BCUT2D eigenvalue weighted by molar-refractivity contribution is 0.116. The number of ether oxygens (including phenoxy) is 1. The lowest BCUT2D eigenvalue weighted by Crippen LogP contribution is -2.28. The maximum absolute atomic E-state index is 6.40. The van der Waals surface area contributed by atoms with Gasteiger partial charge in [-0.05, 0) is 44.5 Å². The summed E-state index contributed by atoms with van der Waals surface area (Å²) in [6.07, 6.45) is 2.67. The first-order valence-corrected chi connectivity index (χ1v) is 7.29. The van der Waals surface area contributed by atoms with Crippen molar-refractivity contribution in [3.05, 3.63) is 28.8 Å². The monoisotopic (exact) mass is 282 g/mol. The number of rotatable bonds is 5. The van der Waals surface area contributed by atoms with Gasteiger partial charge in [-0.2, -0.15) is 0 Å². The molecule has 0 bridgehead atoms. The van der Waals surface area contributed by atoms with Crippen LogP contribution in [0.5, 0.6) is 0 Å². The van der Waals surface area contributed by atoms with Crippen LogP contribution in [-0.2, 0) is 4.74 Å². The Labute approximate surface area is 120 Å². The maximum atomic E-state index is 6.40. The Kier molecular flexibility index (Phi) is 5.08.